The van der Waals surface area contributed by atoms with Crippen LogP contribution in [0.1, 0.15) is 29.8 Å². The summed E-state index contributed by atoms with van der Waals surface area (Å²) in [5.74, 6) is 0.347. The van der Waals surface area contributed by atoms with Gasteiger partial charge in [-0.2, -0.15) is 0 Å². The average Bonchev–Trinajstić information content (AvgIpc) is 2.99. The Morgan fingerprint density at radius 2 is 1.76 bits per heavy atom. The SMILES string of the molecule is COc1ccc(NC(=O)N(C)C[C@@H]2Oc3ccc(NC(=O)Cc4ccccc4)cc3C(=O)N([C@H](C)CO)C[C@@H]2C)cc1. The summed E-state index contributed by atoms with van der Waals surface area (Å²) in [6.45, 7) is 4.07. The highest BCUT2D eigenvalue weighted by molar-refractivity contribution is 6.00. The van der Waals surface area contributed by atoms with Crippen LogP contribution in [0.4, 0.5) is 16.2 Å². The molecular weight excluding hydrogens is 536 g/mol. The number of benzene rings is 3. The van der Waals surface area contributed by atoms with Crippen molar-refractivity contribution < 1.29 is 29.0 Å². The number of hydrogen-bond acceptors (Lipinski definition) is 6. The number of carbonyl (C=O) groups is 3. The molecule has 0 bridgehead atoms. The van der Waals surface area contributed by atoms with Crippen molar-refractivity contribution in [2.75, 3.05) is 44.5 Å². The summed E-state index contributed by atoms with van der Waals surface area (Å²) in [5.41, 5.74) is 2.24. The molecule has 10 nitrogen and oxygen atoms in total. The Balaban J connectivity index is 1.53. The van der Waals surface area contributed by atoms with Gasteiger partial charge < -0.3 is 35.0 Å². The number of methoxy groups -OCH3 is 1. The molecule has 3 aromatic carbocycles. The van der Waals surface area contributed by atoms with Crippen molar-refractivity contribution in [3.05, 3.63) is 83.9 Å². The van der Waals surface area contributed by atoms with Gasteiger partial charge in [0.2, 0.25) is 5.91 Å². The quantitative estimate of drug-likeness (QED) is 0.351. The van der Waals surface area contributed by atoms with Crippen molar-refractivity contribution in [1.29, 1.82) is 0 Å². The minimum atomic E-state index is -0.463. The largest absolute Gasteiger partial charge is 0.497 e. The summed E-state index contributed by atoms with van der Waals surface area (Å²) in [7, 11) is 3.26. The summed E-state index contributed by atoms with van der Waals surface area (Å²) in [6.07, 6.45) is -0.268. The molecule has 4 rings (SSSR count). The Bertz CT molecular complexity index is 1380. The van der Waals surface area contributed by atoms with Gasteiger partial charge in [-0.1, -0.05) is 37.3 Å². The molecule has 222 valence electrons. The van der Waals surface area contributed by atoms with Crippen molar-refractivity contribution >= 4 is 29.2 Å². The second-order valence-electron chi connectivity index (χ2n) is 10.6. The molecule has 0 unspecified atom stereocenters. The fourth-order valence-corrected chi connectivity index (χ4v) is 4.75. The maximum atomic E-state index is 13.7. The first kappa shape index (κ1) is 30.4. The molecule has 3 aromatic rings. The summed E-state index contributed by atoms with van der Waals surface area (Å²) >= 11 is 0. The third-order valence-corrected chi connectivity index (χ3v) is 7.30. The van der Waals surface area contributed by atoms with Crippen LogP contribution in [0.15, 0.2) is 72.8 Å². The number of aliphatic hydroxyl groups is 1. The van der Waals surface area contributed by atoms with E-state index in [2.05, 4.69) is 10.6 Å². The summed E-state index contributed by atoms with van der Waals surface area (Å²) in [6, 6.07) is 20.6. The van der Waals surface area contributed by atoms with Crippen molar-refractivity contribution in [2.24, 2.45) is 5.92 Å². The second-order valence-corrected chi connectivity index (χ2v) is 10.6. The molecule has 3 N–H and O–H groups in total. The number of hydrogen-bond donors (Lipinski definition) is 3. The van der Waals surface area contributed by atoms with Crippen LogP contribution < -0.4 is 20.1 Å². The first-order valence-electron chi connectivity index (χ1n) is 13.9. The molecule has 0 saturated heterocycles. The van der Waals surface area contributed by atoms with Crippen LogP contribution in [0.25, 0.3) is 0 Å². The summed E-state index contributed by atoms with van der Waals surface area (Å²) in [5, 5.41) is 15.7. The number of anilines is 2. The molecule has 0 radical (unpaired) electrons. The molecule has 0 fully saturated rings. The zero-order valence-corrected chi connectivity index (χ0v) is 24.4. The van der Waals surface area contributed by atoms with E-state index < -0.39 is 12.1 Å². The van der Waals surface area contributed by atoms with Gasteiger partial charge in [-0.25, -0.2) is 4.79 Å². The molecule has 0 spiro atoms. The smallest absolute Gasteiger partial charge is 0.321 e. The van der Waals surface area contributed by atoms with Crippen LogP contribution in [0.3, 0.4) is 0 Å². The van der Waals surface area contributed by atoms with Crippen LogP contribution >= 0.6 is 0 Å². The Morgan fingerprint density at radius 3 is 2.43 bits per heavy atom. The third-order valence-electron chi connectivity index (χ3n) is 7.30. The van der Waals surface area contributed by atoms with E-state index in [1.807, 2.05) is 37.3 Å². The maximum absolute atomic E-state index is 13.7. The predicted octanol–water partition coefficient (Wildman–Crippen LogP) is 4.26. The van der Waals surface area contributed by atoms with Crippen molar-refractivity contribution in [3.8, 4) is 11.5 Å². The summed E-state index contributed by atoms with van der Waals surface area (Å²) in [4.78, 5) is 42.5. The maximum Gasteiger partial charge on any atom is 0.321 e. The number of urea groups is 1. The van der Waals surface area contributed by atoms with Gasteiger partial charge in [-0.3, -0.25) is 9.59 Å². The molecule has 42 heavy (non-hydrogen) atoms. The van der Waals surface area contributed by atoms with Gasteiger partial charge in [0, 0.05) is 30.9 Å². The summed E-state index contributed by atoms with van der Waals surface area (Å²) < 4.78 is 11.5. The van der Waals surface area contributed by atoms with E-state index in [0.717, 1.165) is 5.56 Å². The lowest BCUT2D eigenvalue weighted by molar-refractivity contribution is -0.115. The van der Waals surface area contributed by atoms with E-state index in [-0.39, 0.29) is 48.9 Å². The lowest BCUT2D eigenvalue weighted by Gasteiger charge is -2.38. The minimum Gasteiger partial charge on any atom is -0.497 e. The molecule has 1 aliphatic rings. The van der Waals surface area contributed by atoms with E-state index in [1.54, 1.807) is 68.4 Å². The molecule has 10 heteroatoms. The van der Waals surface area contributed by atoms with Crippen molar-refractivity contribution in [2.45, 2.75) is 32.4 Å². The fourth-order valence-electron chi connectivity index (χ4n) is 4.75. The third kappa shape index (κ3) is 7.58. The highest BCUT2D eigenvalue weighted by Gasteiger charge is 2.34. The molecule has 0 aromatic heterocycles. The molecule has 3 atom stereocenters. The number of fused-ring (bicyclic) bond motifs is 1. The number of carbonyl (C=O) groups excluding carboxylic acids is 3. The number of amides is 4. The molecule has 0 saturated carbocycles. The first-order chi connectivity index (χ1) is 20.2. The second kappa shape index (κ2) is 13.9. The molecule has 0 aliphatic carbocycles. The van der Waals surface area contributed by atoms with Crippen LogP contribution in [0.5, 0.6) is 11.5 Å². The standard InChI is InChI=1S/C32H38N4O6/c1-21-18-36(22(2)20-37)31(39)27-17-25(33-30(38)16-23-8-6-5-7-9-23)12-15-28(27)42-29(21)19-35(3)32(40)34-24-10-13-26(41-4)14-11-24/h5-15,17,21-22,29,37H,16,18-20H2,1-4H3,(H,33,38)(H,34,40)/t21-,22+,29-/m0/s1. The number of ether oxygens (including phenoxy) is 2. The zero-order valence-electron chi connectivity index (χ0n) is 24.4. The first-order valence-corrected chi connectivity index (χ1v) is 13.9. The average molecular weight is 575 g/mol. The Labute approximate surface area is 246 Å². The topological polar surface area (TPSA) is 120 Å². The van der Waals surface area contributed by atoms with Gasteiger partial charge in [-0.15, -0.1) is 0 Å². The zero-order chi connectivity index (χ0) is 30.2. The Morgan fingerprint density at radius 1 is 1.07 bits per heavy atom. The van der Waals surface area contributed by atoms with E-state index in [4.69, 9.17) is 9.47 Å². The van der Waals surface area contributed by atoms with E-state index in [1.165, 1.54) is 4.90 Å². The van der Waals surface area contributed by atoms with Crippen LogP contribution in [0.2, 0.25) is 0 Å². The minimum absolute atomic E-state index is 0.169. The lowest BCUT2D eigenvalue weighted by Crippen LogP contribution is -2.50. The fraction of sp³-hybridized carbons (Fsp3) is 0.344. The van der Waals surface area contributed by atoms with E-state index in [0.29, 0.717) is 29.4 Å². The van der Waals surface area contributed by atoms with Crippen molar-refractivity contribution in [3.63, 3.8) is 0 Å². The van der Waals surface area contributed by atoms with E-state index >= 15 is 0 Å². The molecule has 1 heterocycles. The monoisotopic (exact) mass is 574 g/mol. The number of likely N-dealkylation sites (N-methyl/N-ethyl adjacent to an activating group) is 1. The highest BCUT2D eigenvalue weighted by Crippen LogP contribution is 2.31. The van der Waals surface area contributed by atoms with Gasteiger partial charge in [0.15, 0.2) is 0 Å². The lowest BCUT2D eigenvalue weighted by atomic mass is 9.99. The van der Waals surface area contributed by atoms with E-state index in [9.17, 15) is 19.5 Å². The van der Waals surface area contributed by atoms with Gasteiger partial charge in [0.1, 0.15) is 17.6 Å². The van der Waals surface area contributed by atoms with Gasteiger partial charge >= 0.3 is 6.03 Å². The predicted molar refractivity (Wildman–Crippen MR) is 161 cm³/mol. The molecular formula is C32H38N4O6. The Hall–Kier alpha value is -4.57. The van der Waals surface area contributed by atoms with Crippen LogP contribution in [-0.4, -0.2) is 78.8 Å². The molecule has 4 amide bonds. The number of aliphatic hydroxyl groups excluding tert-OH is 1. The van der Waals surface area contributed by atoms with Crippen LogP contribution in [-0.2, 0) is 11.2 Å². The number of nitrogens with one attached hydrogen (secondary N) is 2. The Kier molecular flexibility index (Phi) is 10.0. The van der Waals surface area contributed by atoms with Gasteiger partial charge in [-0.05, 0) is 55.0 Å². The number of nitrogens with zero attached hydrogens (tertiary/aromatic N) is 2. The number of rotatable bonds is 9. The van der Waals surface area contributed by atoms with Gasteiger partial charge in [0.05, 0.1) is 38.3 Å². The highest BCUT2D eigenvalue weighted by atomic mass is 16.5. The molecule has 1 aliphatic heterocycles. The van der Waals surface area contributed by atoms with Crippen molar-refractivity contribution in [1.82, 2.24) is 9.80 Å². The van der Waals surface area contributed by atoms with Gasteiger partial charge in [0.25, 0.3) is 5.91 Å². The normalized spacial score (nSPS) is 17.2. The van der Waals surface area contributed by atoms with Crippen LogP contribution in [0, 0.1) is 5.92 Å².